The minimum atomic E-state index is 0.453. The fourth-order valence-corrected chi connectivity index (χ4v) is 1.88. The van der Waals surface area contributed by atoms with E-state index in [-0.39, 0.29) is 0 Å². The fourth-order valence-electron chi connectivity index (χ4n) is 1.75. The number of benzene rings is 1. The Labute approximate surface area is 114 Å². The Morgan fingerprint density at radius 3 is 2.50 bits per heavy atom. The van der Waals surface area contributed by atoms with E-state index in [9.17, 15) is 0 Å². The zero-order valence-electron chi connectivity index (χ0n) is 10.9. The minimum absolute atomic E-state index is 0.453. The Hall–Kier alpha value is -0.610. The van der Waals surface area contributed by atoms with Crippen molar-refractivity contribution in [2.24, 2.45) is 11.7 Å². The van der Waals surface area contributed by atoms with Crippen molar-refractivity contribution in [3.05, 3.63) is 34.9 Å². The predicted octanol–water partition coefficient (Wildman–Crippen LogP) is 2.51. The first-order valence-corrected chi connectivity index (χ1v) is 6.65. The van der Waals surface area contributed by atoms with Crippen LogP contribution in [0, 0.1) is 5.92 Å². The van der Waals surface area contributed by atoms with Gasteiger partial charge in [-0.05, 0) is 43.0 Å². The summed E-state index contributed by atoms with van der Waals surface area (Å²) in [6.45, 7) is 2.70. The van der Waals surface area contributed by atoms with Gasteiger partial charge in [-0.1, -0.05) is 23.7 Å². The molecule has 1 atom stereocenters. The number of nitrogens with two attached hydrogens (primary N) is 1. The van der Waals surface area contributed by atoms with Crippen LogP contribution in [0.1, 0.15) is 12.0 Å². The average molecular weight is 272 g/mol. The molecular weight excluding hydrogens is 250 g/mol. The highest BCUT2D eigenvalue weighted by Crippen LogP contribution is 2.15. The molecule has 0 saturated carbocycles. The van der Waals surface area contributed by atoms with Gasteiger partial charge in [0, 0.05) is 18.7 Å². The van der Waals surface area contributed by atoms with Crippen molar-refractivity contribution in [1.29, 1.82) is 0 Å². The summed E-state index contributed by atoms with van der Waals surface area (Å²) in [6, 6.07) is 7.94. The second-order valence-corrected chi connectivity index (χ2v) is 4.76. The molecule has 0 aliphatic carbocycles. The third-order valence-electron chi connectivity index (χ3n) is 2.87. The predicted molar refractivity (Wildman–Crippen MR) is 75.0 cm³/mol. The molecule has 1 unspecified atom stereocenters. The molecule has 0 heterocycles. The summed E-state index contributed by atoms with van der Waals surface area (Å²) in [5.74, 6) is 0.453. The molecule has 3 nitrogen and oxygen atoms in total. The number of halogens is 1. The van der Waals surface area contributed by atoms with Crippen molar-refractivity contribution in [2.75, 3.05) is 33.5 Å². The smallest absolute Gasteiger partial charge is 0.0700 e. The van der Waals surface area contributed by atoms with E-state index in [2.05, 4.69) is 12.1 Å². The maximum absolute atomic E-state index is 5.86. The largest absolute Gasteiger partial charge is 0.382 e. The van der Waals surface area contributed by atoms with E-state index in [0.717, 1.165) is 24.5 Å². The lowest BCUT2D eigenvalue weighted by molar-refractivity contribution is 0.0641. The molecule has 0 radical (unpaired) electrons. The van der Waals surface area contributed by atoms with Crippen LogP contribution in [0.2, 0.25) is 5.02 Å². The number of hydrogen-bond donors (Lipinski definition) is 1. The van der Waals surface area contributed by atoms with Crippen molar-refractivity contribution < 1.29 is 9.47 Å². The lowest BCUT2D eigenvalue weighted by Crippen LogP contribution is -2.19. The molecule has 0 bridgehead atoms. The van der Waals surface area contributed by atoms with Gasteiger partial charge in [0.25, 0.3) is 0 Å². The minimum Gasteiger partial charge on any atom is -0.382 e. The molecule has 102 valence electrons. The van der Waals surface area contributed by atoms with Crippen molar-refractivity contribution in [2.45, 2.75) is 12.8 Å². The first-order chi connectivity index (χ1) is 8.76. The van der Waals surface area contributed by atoms with E-state index in [0.29, 0.717) is 25.7 Å². The molecule has 1 rings (SSSR count). The van der Waals surface area contributed by atoms with Crippen LogP contribution in [-0.2, 0) is 15.9 Å². The molecule has 0 amide bonds. The summed E-state index contributed by atoms with van der Waals surface area (Å²) in [5.41, 5.74) is 7.06. The molecule has 2 N–H and O–H groups in total. The molecule has 1 aromatic carbocycles. The highest BCUT2D eigenvalue weighted by molar-refractivity contribution is 6.30. The number of hydrogen-bond acceptors (Lipinski definition) is 3. The van der Waals surface area contributed by atoms with Crippen molar-refractivity contribution in [1.82, 2.24) is 0 Å². The number of rotatable bonds is 9. The molecular formula is C14H22ClNO2. The summed E-state index contributed by atoms with van der Waals surface area (Å²) < 4.78 is 10.4. The topological polar surface area (TPSA) is 44.5 Å². The molecule has 0 aliphatic heterocycles. The summed E-state index contributed by atoms with van der Waals surface area (Å²) in [5, 5.41) is 0.769. The quantitative estimate of drug-likeness (QED) is 0.702. The van der Waals surface area contributed by atoms with Gasteiger partial charge in [0.1, 0.15) is 0 Å². The highest BCUT2D eigenvalue weighted by atomic mass is 35.5. The Balaban J connectivity index is 2.26. The zero-order valence-corrected chi connectivity index (χ0v) is 11.7. The van der Waals surface area contributed by atoms with E-state index in [1.54, 1.807) is 7.11 Å². The Kier molecular flexibility index (Phi) is 8.01. The van der Waals surface area contributed by atoms with E-state index in [1.165, 1.54) is 5.56 Å². The van der Waals surface area contributed by atoms with Gasteiger partial charge in [0.2, 0.25) is 0 Å². The lowest BCUT2D eigenvalue weighted by Gasteiger charge is -2.15. The third kappa shape index (κ3) is 6.36. The number of methoxy groups -OCH3 is 1. The molecule has 0 aromatic heterocycles. The molecule has 4 heteroatoms. The fraction of sp³-hybridized carbons (Fsp3) is 0.571. The van der Waals surface area contributed by atoms with E-state index < -0.39 is 0 Å². The van der Waals surface area contributed by atoms with Crippen LogP contribution in [0.15, 0.2) is 24.3 Å². The molecule has 0 spiro atoms. The van der Waals surface area contributed by atoms with Gasteiger partial charge in [0.05, 0.1) is 13.2 Å². The molecule has 18 heavy (non-hydrogen) atoms. The van der Waals surface area contributed by atoms with Crippen LogP contribution < -0.4 is 5.73 Å². The van der Waals surface area contributed by atoms with Crippen LogP contribution in [0.5, 0.6) is 0 Å². The van der Waals surface area contributed by atoms with Gasteiger partial charge in [-0.3, -0.25) is 0 Å². The molecule has 0 aliphatic rings. The number of ether oxygens (including phenoxy) is 2. The second-order valence-electron chi connectivity index (χ2n) is 4.33. The van der Waals surface area contributed by atoms with E-state index in [4.69, 9.17) is 26.8 Å². The summed E-state index contributed by atoms with van der Waals surface area (Å²) in [6.07, 6.45) is 1.95. The van der Waals surface area contributed by atoms with Crippen LogP contribution in [-0.4, -0.2) is 33.5 Å². The first kappa shape index (κ1) is 15.4. The van der Waals surface area contributed by atoms with E-state index in [1.807, 2.05) is 12.1 Å². The van der Waals surface area contributed by atoms with Crippen LogP contribution >= 0.6 is 11.6 Å². The Morgan fingerprint density at radius 2 is 1.89 bits per heavy atom. The molecule has 0 fully saturated rings. The second kappa shape index (κ2) is 9.34. The van der Waals surface area contributed by atoms with Gasteiger partial charge in [0.15, 0.2) is 0 Å². The van der Waals surface area contributed by atoms with Gasteiger partial charge < -0.3 is 15.2 Å². The SMILES string of the molecule is COCCOCCC(CN)Cc1ccc(Cl)cc1. The Morgan fingerprint density at radius 1 is 1.17 bits per heavy atom. The zero-order chi connectivity index (χ0) is 13.2. The Bertz CT molecular complexity index is 316. The third-order valence-corrected chi connectivity index (χ3v) is 3.13. The van der Waals surface area contributed by atoms with Crippen LogP contribution in [0.3, 0.4) is 0 Å². The van der Waals surface area contributed by atoms with Crippen molar-refractivity contribution in [3.8, 4) is 0 Å². The first-order valence-electron chi connectivity index (χ1n) is 6.27. The standard InChI is InChI=1S/C14H22ClNO2/c1-17-8-9-18-7-6-13(11-16)10-12-2-4-14(15)5-3-12/h2-5,13H,6-11,16H2,1H3. The van der Waals surface area contributed by atoms with Crippen molar-refractivity contribution >= 4 is 11.6 Å². The lowest BCUT2D eigenvalue weighted by atomic mass is 9.97. The van der Waals surface area contributed by atoms with Gasteiger partial charge in [-0.2, -0.15) is 0 Å². The van der Waals surface area contributed by atoms with Gasteiger partial charge in [-0.15, -0.1) is 0 Å². The van der Waals surface area contributed by atoms with E-state index >= 15 is 0 Å². The molecule has 1 aromatic rings. The summed E-state index contributed by atoms with van der Waals surface area (Å²) >= 11 is 5.86. The summed E-state index contributed by atoms with van der Waals surface area (Å²) in [4.78, 5) is 0. The maximum atomic E-state index is 5.86. The monoisotopic (exact) mass is 271 g/mol. The molecule has 0 saturated heterocycles. The average Bonchev–Trinajstić information content (AvgIpc) is 2.39. The normalized spacial score (nSPS) is 12.6. The highest BCUT2D eigenvalue weighted by Gasteiger charge is 2.08. The van der Waals surface area contributed by atoms with Crippen LogP contribution in [0.4, 0.5) is 0 Å². The maximum Gasteiger partial charge on any atom is 0.0700 e. The van der Waals surface area contributed by atoms with Gasteiger partial charge >= 0.3 is 0 Å². The van der Waals surface area contributed by atoms with Gasteiger partial charge in [-0.25, -0.2) is 0 Å². The van der Waals surface area contributed by atoms with Crippen molar-refractivity contribution in [3.63, 3.8) is 0 Å². The van der Waals surface area contributed by atoms with Crippen LogP contribution in [0.25, 0.3) is 0 Å². The summed E-state index contributed by atoms with van der Waals surface area (Å²) in [7, 11) is 1.67.